The molecule has 55 heavy (non-hydrogen) atoms. The number of aromatic nitrogens is 4. The number of aromatic carboxylic acids is 1. The van der Waals surface area contributed by atoms with E-state index in [0.717, 1.165) is 10.9 Å². The number of pyridine rings is 4. The van der Waals surface area contributed by atoms with E-state index in [9.17, 15) is 23.2 Å². The summed E-state index contributed by atoms with van der Waals surface area (Å²) in [6.07, 6.45) is 6.33. The van der Waals surface area contributed by atoms with Gasteiger partial charge in [0.15, 0.2) is 0 Å². The van der Waals surface area contributed by atoms with E-state index in [1.54, 1.807) is 79.1 Å². The fourth-order valence-corrected chi connectivity index (χ4v) is 6.34. The number of fused-ring (bicyclic) bond motifs is 2. The van der Waals surface area contributed by atoms with Crippen LogP contribution in [0.1, 0.15) is 10.4 Å². The molecule has 0 bridgehead atoms. The Morgan fingerprint density at radius 2 is 1.11 bits per heavy atom. The average Bonchev–Trinajstić information content (AvgIpc) is 3.18. The van der Waals surface area contributed by atoms with Gasteiger partial charge >= 0.3 is 13.6 Å². The summed E-state index contributed by atoms with van der Waals surface area (Å²) in [4.78, 5) is 28.1. The van der Waals surface area contributed by atoms with E-state index in [1.807, 2.05) is 36.4 Å². The van der Waals surface area contributed by atoms with Gasteiger partial charge in [0, 0.05) is 52.4 Å². The number of nitrogens with zero attached hydrogens (tertiary/aromatic N) is 4. The molecule has 3 N–H and O–H groups in total. The number of benzene rings is 4. The van der Waals surface area contributed by atoms with Crippen molar-refractivity contribution in [1.29, 1.82) is 0 Å². The first kappa shape index (κ1) is 37.7. The van der Waals surface area contributed by atoms with Crippen LogP contribution in [0.3, 0.4) is 0 Å². The molecule has 0 aliphatic rings. The van der Waals surface area contributed by atoms with Gasteiger partial charge in [0.2, 0.25) is 0 Å². The lowest BCUT2D eigenvalue weighted by Crippen LogP contribution is -2.00. The van der Waals surface area contributed by atoms with Crippen LogP contribution in [0.4, 0.5) is 14.5 Å². The van der Waals surface area contributed by atoms with Gasteiger partial charge in [-0.15, -0.1) is 0 Å². The van der Waals surface area contributed by atoms with Gasteiger partial charge in [-0.1, -0.05) is 60.7 Å². The molecule has 0 fully saturated rings. The summed E-state index contributed by atoms with van der Waals surface area (Å²) in [5, 5.41) is 10.5. The largest absolute Gasteiger partial charge is 0.478 e. The lowest BCUT2D eigenvalue weighted by atomic mass is 10.1. The fraction of sp³-hybridized carbons (Fsp3) is 0.0238. The van der Waals surface area contributed by atoms with Crippen molar-refractivity contribution < 1.29 is 32.3 Å². The third-order valence-electron chi connectivity index (χ3n) is 7.75. The summed E-state index contributed by atoms with van der Waals surface area (Å²) < 4.78 is 49.3. The van der Waals surface area contributed by atoms with Gasteiger partial charge in [-0.05, 0) is 72.8 Å². The van der Waals surface area contributed by atoms with Crippen LogP contribution in [0.15, 0.2) is 158 Å². The van der Waals surface area contributed by atoms with Crippen molar-refractivity contribution in [2.75, 3.05) is 12.4 Å². The van der Waals surface area contributed by atoms with Crippen molar-refractivity contribution >= 4 is 41.1 Å². The summed E-state index contributed by atoms with van der Waals surface area (Å²) in [5.74, 6) is -0.676. The maximum atomic E-state index is 13.3. The normalized spacial score (nSPS) is 10.7. The number of carbonyl (C=O) groups is 1. The van der Waals surface area contributed by atoms with Gasteiger partial charge in [-0.3, -0.25) is 9.97 Å². The zero-order valence-electron chi connectivity index (χ0n) is 29.2. The molecule has 4 aromatic carbocycles. The lowest BCUT2D eigenvalue weighted by molar-refractivity contribution is 0.0699. The Morgan fingerprint density at radius 3 is 1.60 bits per heavy atom. The summed E-state index contributed by atoms with van der Waals surface area (Å²) in [5.41, 5.74) is 10.2. The van der Waals surface area contributed by atoms with E-state index in [4.69, 9.17) is 14.8 Å². The second kappa shape index (κ2) is 17.2. The Morgan fingerprint density at radius 1 is 0.636 bits per heavy atom. The number of hydrogen-bond acceptors (Lipinski definition) is 9. The second-order valence-corrected chi connectivity index (χ2v) is 13.8. The smallest absolute Gasteiger partial charge is 0.427 e. The molecule has 274 valence electrons. The van der Waals surface area contributed by atoms with Gasteiger partial charge in [0.1, 0.15) is 23.1 Å². The molecule has 4 aromatic heterocycles. The van der Waals surface area contributed by atoms with Crippen LogP contribution >= 0.6 is 7.60 Å². The van der Waals surface area contributed by atoms with Gasteiger partial charge in [0.25, 0.3) is 0 Å². The molecule has 8 rings (SSSR count). The second-order valence-electron chi connectivity index (χ2n) is 11.8. The Kier molecular flexibility index (Phi) is 11.8. The quantitative estimate of drug-likeness (QED) is 0.150. The monoisotopic (exact) mass is 755 g/mol. The Bertz CT molecular complexity index is 2590. The first-order valence-corrected chi connectivity index (χ1v) is 18.6. The van der Waals surface area contributed by atoms with Crippen molar-refractivity contribution in [2.45, 2.75) is 0 Å². The molecular weight excluding hydrogens is 723 g/mol. The topological polar surface area (TPSA) is 150 Å². The SMILES string of the molecule is CP(=O)(Oc1ccccc1)Oc1ccccc1.Nc1cc(-c2cccc(F)c2)nc2ccncc12.O=C(O)c1cc(-c2cccc(F)c2)nc2ccncc12. The molecule has 10 nitrogen and oxygen atoms in total. The minimum atomic E-state index is -3.14. The Labute approximate surface area is 314 Å². The van der Waals surface area contributed by atoms with Crippen molar-refractivity contribution in [3.8, 4) is 34.0 Å². The number of halogens is 2. The first-order valence-electron chi connectivity index (χ1n) is 16.6. The van der Waals surface area contributed by atoms with Crippen molar-refractivity contribution in [1.82, 2.24) is 19.9 Å². The van der Waals surface area contributed by atoms with Crippen molar-refractivity contribution in [2.24, 2.45) is 0 Å². The fourth-order valence-electron chi connectivity index (χ4n) is 5.30. The molecule has 0 aliphatic heterocycles. The first-order chi connectivity index (χ1) is 26.5. The van der Waals surface area contributed by atoms with Crippen molar-refractivity contribution in [3.63, 3.8) is 0 Å². The molecule has 0 amide bonds. The van der Waals surface area contributed by atoms with E-state index < -0.39 is 19.4 Å². The molecule has 0 spiro atoms. The third-order valence-corrected chi connectivity index (χ3v) is 8.84. The summed E-state index contributed by atoms with van der Waals surface area (Å²) in [6.45, 7) is 1.45. The third kappa shape index (κ3) is 10.1. The van der Waals surface area contributed by atoms with Crippen LogP contribution in [0.5, 0.6) is 11.5 Å². The molecule has 0 unspecified atom stereocenters. The van der Waals surface area contributed by atoms with Crippen LogP contribution in [0.25, 0.3) is 44.3 Å². The lowest BCUT2D eigenvalue weighted by Gasteiger charge is -2.15. The van der Waals surface area contributed by atoms with E-state index in [0.29, 0.717) is 50.6 Å². The van der Waals surface area contributed by atoms with Gasteiger partial charge in [0.05, 0.1) is 34.6 Å². The van der Waals surface area contributed by atoms with E-state index in [1.165, 1.54) is 49.4 Å². The van der Waals surface area contributed by atoms with E-state index in [2.05, 4.69) is 19.9 Å². The molecule has 0 saturated heterocycles. The molecule has 8 aromatic rings. The summed E-state index contributed by atoms with van der Waals surface area (Å²) in [6, 6.07) is 36.7. The number of carboxylic acid groups (broad SMARTS) is 1. The maximum Gasteiger partial charge on any atom is 0.427 e. The highest BCUT2D eigenvalue weighted by molar-refractivity contribution is 7.53. The van der Waals surface area contributed by atoms with Crippen LogP contribution < -0.4 is 14.8 Å². The highest BCUT2D eigenvalue weighted by atomic mass is 31.2. The number of para-hydroxylation sites is 2. The molecule has 13 heteroatoms. The standard InChI is InChI=1S/C15H9FN2O2.C14H10FN3.C13H13O3P/c16-10-3-1-2-9(6-10)14-7-11(15(19)20)12-8-17-5-4-13(12)18-14;15-10-3-1-2-9(6-10)14-7-12(16)11-8-17-5-4-13(11)18-14;1-17(14,15-12-8-4-2-5-9-12)16-13-10-6-3-7-11-13/h1-8H,(H,19,20);1-8H,(H2,16,18);2-11H,1H3. The van der Waals surface area contributed by atoms with E-state index in [-0.39, 0.29) is 11.4 Å². The number of carboxylic acids is 1. The highest BCUT2D eigenvalue weighted by Gasteiger charge is 2.20. The molecule has 0 atom stereocenters. The molecule has 4 heterocycles. The van der Waals surface area contributed by atoms with Crippen LogP contribution in [-0.2, 0) is 4.57 Å². The van der Waals surface area contributed by atoms with Crippen LogP contribution in [0.2, 0.25) is 0 Å². The van der Waals surface area contributed by atoms with Gasteiger partial charge in [-0.25, -0.2) is 28.1 Å². The van der Waals surface area contributed by atoms with Gasteiger partial charge < -0.3 is 19.9 Å². The molecular formula is C42H32F2N5O5P. The zero-order chi connectivity index (χ0) is 38.8. The summed E-state index contributed by atoms with van der Waals surface area (Å²) >= 11 is 0. The van der Waals surface area contributed by atoms with Crippen molar-refractivity contribution in [3.05, 3.63) is 175 Å². The van der Waals surface area contributed by atoms with E-state index >= 15 is 0 Å². The Hall–Kier alpha value is -7.04. The molecule has 0 aliphatic carbocycles. The molecule has 0 saturated carbocycles. The highest BCUT2D eigenvalue weighted by Crippen LogP contribution is 2.44. The van der Waals surface area contributed by atoms with Crippen LogP contribution in [-0.4, -0.2) is 37.7 Å². The predicted octanol–water partition coefficient (Wildman–Crippen LogP) is 10.1. The Balaban J connectivity index is 0.000000141. The number of nitrogens with two attached hydrogens (primary N) is 1. The minimum absolute atomic E-state index is 0.0994. The number of anilines is 1. The molecule has 0 radical (unpaired) electrons. The van der Waals surface area contributed by atoms with Gasteiger partial charge in [-0.2, -0.15) is 0 Å². The zero-order valence-corrected chi connectivity index (χ0v) is 30.1. The average molecular weight is 756 g/mol. The minimum Gasteiger partial charge on any atom is -0.478 e. The number of rotatable bonds is 7. The van der Waals surface area contributed by atoms with Crippen LogP contribution in [0, 0.1) is 11.6 Å². The maximum absolute atomic E-state index is 13.3. The predicted molar refractivity (Wildman–Crippen MR) is 209 cm³/mol. The number of nitrogen functional groups attached to an aromatic ring is 1. The number of hydrogen-bond donors (Lipinski definition) is 2. The summed E-state index contributed by atoms with van der Waals surface area (Å²) in [7, 11) is -3.14.